The van der Waals surface area contributed by atoms with Crippen molar-refractivity contribution in [2.45, 2.75) is 41.0 Å². The molecule has 0 aliphatic carbocycles. The van der Waals surface area contributed by atoms with Crippen molar-refractivity contribution in [1.29, 1.82) is 0 Å². The predicted molar refractivity (Wildman–Crippen MR) is 80.7 cm³/mol. The van der Waals surface area contributed by atoms with Crippen molar-refractivity contribution >= 4 is 5.91 Å². The maximum atomic E-state index is 10.4. The van der Waals surface area contributed by atoms with Crippen LogP contribution in [0, 0.1) is 34.6 Å². The van der Waals surface area contributed by atoms with E-state index in [0.717, 1.165) is 11.1 Å². The summed E-state index contributed by atoms with van der Waals surface area (Å²) in [6.07, 6.45) is 0.360. The average Bonchev–Trinajstić information content (AvgIpc) is 2.81. The Hall–Kier alpha value is -1.31. The first-order valence-corrected chi connectivity index (χ1v) is 6.52. The van der Waals surface area contributed by atoms with E-state index in [-0.39, 0.29) is 23.0 Å². The van der Waals surface area contributed by atoms with Crippen molar-refractivity contribution in [3.05, 3.63) is 57.6 Å². The topological polar surface area (TPSA) is 43.1 Å². The second-order valence-electron chi connectivity index (χ2n) is 5.14. The largest absolute Gasteiger partial charge is 0.743 e. The van der Waals surface area contributed by atoms with Crippen molar-refractivity contribution in [3.8, 4) is 0 Å². The van der Waals surface area contributed by atoms with Gasteiger partial charge < -0.3 is 34.1 Å². The molecule has 3 heteroatoms. The van der Waals surface area contributed by atoms with Crippen LogP contribution in [0.5, 0.6) is 0 Å². The van der Waals surface area contributed by atoms with Gasteiger partial charge in [0.25, 0.3) is 0 Å². The SMILES string of the molecule is C[c-]1[cH-][c-](C)[c-](C)[c-]1C.C[c-]1cccc1CC(N)=O.[Fe]. The number of hydrogen-bond acceptors (Lipinski definition) is 1. The quantitative estimate of drug-likeness (QED) is 0.670. The summed E-state index contributed by atoms with van der Waals surface area (Å²) in [5, 5.41) is 0. The van der Waals surface area contributed by atoms with Crippen LogP contribution in [0.2, 0.25) is 0 Å². The minimum absolute atomic E-state index is 0. The summed E-state index contributed by atoms with van der Waals surface area (Å²) in [4.78, 5) is 10.4. The first kappa shape index (κ1) is 18.7. The van der Waals surface area contributed by atoms with E-state index in [1.807, 2.05) is 25.1 Å². The first-order valence-electron chi connectivity index (χ1n) is 6.52. The number of primary amides is 1. The Kier molecular flexibility index (Phi) is 7.55. The molecule has 2 rings (SSSR count). The van der Waals surface area contributed by atoms with Crippen LogP contribution in [-0.2, 0) is 28.3 Å². The third-order valence-electron chi connectivity index (χ3n) is 3.69. The van der Waals surface area contributed by atoms with E-state index >= 15 is 0 Å². The third kappa shape index (κ3) is 4.99. The van der Waals surface area contributed by atoms with Gasteiger partial charge in [0.1, 0.15) is 0 Å². The molecule has 0 heterocycles. The van der Waals surface area contributed by atoms with E-state index < -0.39 is 0 Å². The molecule has 2 nitrogen and oxygen atoms in total. The molecule has 0 radical (unpaired) electrons. The number of nitrogens with two attached hydrogens (primary N) is 1. The Balaban J connectivity index is 0.000000345. The van der Waals surface area contributed by atoms with E-state index in [0.29, 0.717) is 6.42 Å². The summed E-state index contributed by atoms with van der Waals surface area (Å²) in [7, 11) is 0. The van der Waals surface area contributed by atoms with E-state index in [9.17, 15) is 4.79 Å². The van der Waals surface area contributed by atoms with Gasteiger partial charge in [-0.05, 0) is 0 Å². The van der Waals surface area contributed by atoms with Crippen molar-refractivity contribution in [3.63, 3.8) is 0 Å². The molecule has 2 aromatic rings. The summed E-state index contributed by atoms with van der Waals surface area (Å²) in [6, 6.07) is 8.05. The molecular weight excluding hydrogens is 290 g/mol. The summed E-state index contributed by atoms with van der Waals surface area (Å²) in [5.74, 6) is -0.269. The maximum absolute atomic E-state index is 10.4. The van der Waals surface area contributed by atoms with Crippen LogP contribution in [-0.4, -0.2) is 5.91 Å². The van der Waals surface area contributed by atoms with Gasteiger partial charge >= 0.3 is 0 Å². The molecule has 0 atom stereocenters. The molecule has 2 N–H and O–H groups in total. The van der Waals surface area contributed by atoms with Gasteiger partial charge in [0.2, 0.25) is 5.91 Å². The molecular formula is C17H23FeNO-6. The smallest absolute Gasteiger partial charge is 0.219 e. The molecule has 0 aliphatic heterocycles. The van der Waals surface area contributed by atoms with E-state index in [4.69, 9.17) is 5.73 Å². The van der Waals surface area contributed by atoms with Crippen LogP contribution >= 0.6 is 0 Å². The zero-order chi connectivity index (χ0) is 14.6. The minimum atomic E-state index is -0.269. The molecule has 0 saturated heterocycles. The molecule has 0 spiro atoms. The number of rotatable bonds is 2. The molecule has 0 aliphatic rings. The van der Waals surface area contributed by atoms with Gasteiger partial charge in [-0.1, -0.05) is 6.92 Å². The van der Waals surface area contributed by atoms with Gasteiger partial charge in [-0.3, -0.25) is 4.79 Å². The van der Waals surface area contributed by atoms with Gasteiger partial charge in [-0.25, -0.2) is 39.8 Å². The second kappa shape index (κ2) is 8.08. The Bertz CT molecular complexity index is 541. The monoisotopic (exact) mass is 313 g/mol. The van der Waals surface area contributed by atoms with Gasteiger partial charge in [-0.15, -0.1) is 0 Å². The predicted octanol–water partition coefficient (Wildman–Crippen LogP) is 3.38. The minimum Gasteiger partial charge on any atom is -0.743 e. The van der Waals surface area contributed by atoms with Crippen LogP contribution < -0.4 is 5.73 Å². The van der Waals surface area contributed by atoms with Crippen LogP contribution in [0.3, 0.4) is 0 Å². The summed E-state index contributed by atoms with van der Waals surface area (Å²) in [5.41, 5.74) is 12.9. The number of hydrogen-bond donors (Lipinski definition) is 1. The van der Waals surface area contributed by atoms with Gasteiger partial charge in [0.15, 0.2) is 0 Å². The molecule has 0 aromatic heterocycles. The van der Waals surface area contributed by atoms with Gasteiger partial charge in [0.05, 0.1) is 0 Å². The average molecular weight is 313 g/mol. The number of aryl methyl sites for hydroxylation is 3. The van der Waals surface area contributed by atoms with E-state index in [1.54, 1.807) is 0 Å². The first-order chi connectivity index (χ1) is 8.82. The molecule has 1 amide bonds. The Morgan fingerprint density at radius 1 is 1.15 bits per heavy atom. The van der Waals surface area contributed by atoms with Crippen molar-refractivity contribution in [2.24, 2.45) is 5.73 Å². The molecule has 2 aromatic carbocycles. The molecule has 20 heavy (non-hydrogen) atoms. The molecule has 116 valence electrons. The normalized spacial score (nSPS) is 9.45. The number of carbonyl (C=O) groups is 1. The zero-order valence-corrected chi connectivity index (χ0v) is 14.0. The summed E-state index contributed by atoms with van der Waals surface area (Å²) < 4.78 is 0. The zero-order valence-electron chi connectivity index (χ0n) is 12.9. The fourth-order valence-electron chi connectivity index (χ4n) is 2.07. The Morgan fingerprint density at radius 2 is 1.65 bits per heavy atom. The van der Waals surface area contributed by atoms with E-state index in [1.165, 1.54) is 22.3 Å². The maximum Gasteiger partial charge on any atom is 0.219 e. The summed E-state index contributed by atoms with van der Waals surface area (Å²) >= 11 is 0. The van der Waals surface area contributed by atoms with E-state index in [2.05, 4.69) is 33.8 Å². The number of amides is 1. The van der Waals surface area contributed by atoms with Crippen LogP contribution in [0.1, 0.15) is 33.4 Å². The Morgan fingerprint density at radius 3 is 1.90 bits per heavy atom. The molecule has 0 fully saturated rings. The Labute approximate surface area is 132 Å². The van der Waals surface area contributed by atoms with Gasteiger partial charge in [-0.2, -0.15) is 17.2 Å². The molecule has 0 saturated carbocycles. The van der Waals surface area contributed by atoms with Crippen molar-refractivity contribution in [2.75, 3.05) is 0 Å². The fourth-order valence-corrected chi connectivity index (χ4v) is 2.07. The molecule has 0 bridgehead atoms. The van der Waals surface area contributed by atoms with Crippen LogP contribution in [0.25, 0.3) is 0 Å². The van der Waals surface area contributed by atoms with Crippen LogP contribution in [0.4, 0.5) is 0 Å². The van der Waals surface area contributed by atoms with Gasteiger partial charge in [0, 0.05) is 23.5 Å². The fraction of sp³-hybridized carbons (Fsp3) is 0.353. The second-order valence-corrected chi connectivity index (χ2v) is 5.14. The van der Waals surface area contributed by atoms with Crippen molar-refractivity contribution < 1.29 is 21.9 Å². The van der Waals surface area contributed by atoms with Crippen molar-refractivity contribution in [1.82, 2.24) is 0 Å². The third-order valence-corrected chi connectivity index (χ3v) is 3.69. The molecule has 0 unspecified atom stereocenters. The summed E-state index contributed by atoms with van der Waals surface area (Å²) in [6.45, 7) is 10.7. The standard InChI is InChI=1S/C9H13.C8H10NO.Fe/c1-6-5-7(2)9(4)8(6)3;1-6-3-2-4-7(6)5-8(9)10;/h5H,1-4H3;2-4H,5H2,1H3,(H2,9,10);/q-5;-1;. The van der Waals surface area contributed by atoms with Crippen LogP contribution in [0.15, 0.2) is 24.3 Å². The number of carbonyl (C=O) groups excluding carboxylic acids is 1.